The van der Waals surface area contributed by atoms with Crippen molar-refractivity contribution < 1.29 is 17.6 Å². The maximum absolute atomic E-state index is 13.2. The molecular formula is C12H7F4N3. The molecule has 2 rings (SSSR count). The van der Waals surface area contributed by atoms with E-state index in [-0.39, 0.29) is 0 Å². The molecule has 0 aliphatic carbocycles. The van der Waals surface area contributed by atoms with Crippen molar-refractivity contribution in [3.63, 3.8) is 0 Å². The van der Waals surface area contributed by atoms with Gasteiger partial charge >= 0.3 is 0 Å². The monoisotopic (exact) mass is 269 g/mol. The molecule has 0 amide bonds. The highest BCUT2D eigenvalue weighted by Crippen LogP contribution is 2.21. The van der Waals surface area contributed by atoms with Gasteiger partial charge in [-0.05, 0) is 5.56 Å². The minimum absolute atomic E-state index is 0.644. The third-order valence-corrected chi connectivity index (χ3v) is 2.19. The average molecular weight is 269 g/mol. The molecule has 0 aliphatic heterocycles. The van der Waals surface area contributed by atoms with E-state index in [9.17, 15) is 17.6 Å². The van der Waals surface area contributed by atoms with Crippen molar-refractivity contribution >= 4 is 11.9 Å². The first kappa shape index (κ1) is 13.0. The SMILES string of the molecule is Fc1nc(F)c(F)c(N/N=C/c2ccccc2)c1F. The van der Waals surface area contributed by atoms with E-state index in [0.29, 0.717) is 5.56 Å². The van der Waals surface area contributed by atoms with Crippen molar-refractivity contribution in [2.75, 3.05) is 5.43 Å². The molecule has 0 saturated heterocycles. The highest BCUT2D eigenvalue weighted by Gasteiger charge is 2.20. The molecule has 2 aromatic rings. The zero-order valence-electron chi connectivity index (χ0n) is 9.37. The van der Waals surface area contributed by atoms with Crippen LogP contribution in [0.25, 0.3) is 0 Å². The summed E-state index contributed by atoms with van der Waals surface area (Å²) in [4.78, 5) is 2.42. The second-order valence-corrected chi connectivity index (χ2v) is 3.48. The molecule has 19 heavy (non-hydrogen) atoms. The highest BCUT2D eigenvalue weighted by atomic mass is 19.2. The zero-order chi connectivity index (χ0) is 13.8. The smallest absolute Gasteiger partial charge is 0.254 e. The lowest BCUT2D eigenvalue weighted by Gasteiger charge is -2.04. The highest BCUT2D eigenvalue weighted by molar-refractivity contribution is 5.80. The Labute approximate surface area is 105 Å². The Morgan fingerprint density at radius 2 is 1.53 bits per heavy atom. The molecule has 0 bridgehead atoms. The number of hydrazone groups is 1. The lowest BCUT2D eigenvalue weighted by Crippen LogP contribution is -2.05. The molecule has 0 unspecified atom stereocenters. The van der Waals surface area contributed by atoms with Gasteiger partial charge in [-0.1, -0.05) is 30.3 Å². The standard InChI is InChI=1S/C12H7F4N3/c13-8-10(9(14)12(16)18-11(8)15)19-17-6-7-4-2-1-3-5-7/h1-6H,(H,18,19)/b17-6+. The summed E-state index contributed by atoms with van der Waals surface area (Å²) in [7, 11) is 0. The number of pyridine rings is 1. The Balaban J connectivity index is 2.23. The lowest BCUT2D eigenvalue weighted by atomic mass is 10.2. The molecule has 7 heteroatoms. The van der Waals surface area contributed by atoms with E-state index in [4.69, 9.17) is 0 Å². The summed E-state index contributed by atoms with van der Waals surface area (Å²) in [6, 6.07) is 8.61. The molecule has 1 heterocycles. The van der Waals surface area contributed by atoms with Crippen LogP contribution in [0.1, 0.15) is 5.56 Å². The fourth-order valence-electron chi connectivity index (χ4n) is 1.30. The van der Waals surface area contributed by atoms with Crippen molar-refractivity contribution in [1.29, 1.82) is 0 Å². The Hall–Kier alpha value is -2.44. The predicted molar refractivity (Wildman–Crippen MR) is 61.7 cm³/mol. The van der Waals surface area contributed by atoms with Crippen LogP contribution < -0.4 is 5.43 Å². The zero-order valence-corrected chi connectivity index (χ0v) is 9.37. The van der Waals surface area contributed by atoms with E-state index in [1.807, 2.05) is 5.43 Å². The normalized spacial score (nSPS) is 10.9. The minimum Gasteiger partial charge on any atom is -0.272 e. The molecule has 3 nitrogen and oxygen atoms in total. The van der Waals surface area contributed by atoms with Gasteiger partial charge in [-0.3, -0.25) is 5.43 Å². The quantitative estimate of drug-likeness (QED) is 0.402. The van der Waals surface area contributed by atoms with Crippen molar-refractivity contribution in [1.82, 2.24) is 4.98 Å². The first-order chi connectivity index (χ1) is 9.09. The fourth-order valence-corrected chi connectivity index (χ4v) is 1.30. The van der Waals surface area contributed by atoms with Gasteiger partial charge in [-0.15, -0.1) is 0 Å². The number of hydrogen-bond acceptors (Lipinski definition) is 3. The average Bonchev–Trinajstić information content (AvgIpc) is 2.42. The van der Waals surface area contributed by atoms with Crippen LogP contribution in [0.15, 0.2) is 35.4 Å². The van der Waals surface area contributed by atoms with Crippen molar-refractivity contribution in [2.45, 2.75) is 0 Å². The molecule has 98 valence electrons. The maximum atomic E-state index is 13.2. The molecule has 0 fully saturated rings. The third-order valence-electron chi connectivity index (χ3n) is 2.19. The van der Waals surface area contributed by atoms with Gasteiger partial charge in [0.1, 0.15) is 5.69 Å². The molecule has 1 aromatic heterocycles. The van der Waals surface area contributed by atoms with Gasteiger partial charge in [0, 0.05) is 0 Å². The van der Waals surface area contributed by atoms with Gasteiger partial charge in [-0.25, -0.2) is 0 Å². The molecule has 0 saturated carbocycles. The van der Waals surface area contributed by atoms with E-state index in [1.165, 1.54) is 6.21 Å². The number of nitrogens with one attached hydrogen (secondary N) is 1. The van der Waals surface area contributed by atoms with Crippen LogP contribution in [-0.4, -0.2) is 11.2 Å². The Bertz CT molecular complexity index is 588. The number of anilines is 1. The van der Waals surface area contributed by atoms with E-state index >= 15 is 0 Å². The van der Waals surface area contributed by atoms with Gasteiger partial charge in [0.25, 0.3) is 11.9 Å². The van der Waals surface area contributed by atoms with Crippen molar-refractivity contribution in [3.05, 3.63) is 59.4 Å². The minimum atomic E-state index is -1.74. The largest absolute Gasteiger partial charge is 0.272 e. The van der Waals surface area contributed by atoms with Crippen LogP contribution in [0.4, 0.5) is 23.2 Å². The van der Waals surface area contributed by atoms with E-state index in [1.54, 1.807) is 30.3 Å². The number of aromatic nitrogens is 1. The predicted octanol–water partition coefficient (Wildman–Crippen LogP) is 3.08. The Morgan fingerprint density at radius 1 is 0.947 bits per heavy atom. The van der Waals surface area contributed by atoms with Crippen molar-refractivity contribution in [3.8, 4) is 0 Å². The lowest BCUT2D eigenvalue weighted by molar-refractivity contribution is 0.411. The van der Waals surface area contributed by atoms with Crippen LogP contribution in [0, 0.1) is 23.5 Å². The van der Waals surface area contributed by atoms with Crippen LogP contribution in [-0.2, 0) is 0 Å². The number of benzene rings is 1. The van der Waals surface area contributed by atoms with Gasteiger partial charge < -0.3 is 0 Å². The summed E-state index contributed by atoms with van der Waals surface area (Å²) in [5.74, 6) is -6.75. The summed E-state index contributed by atoms with van der Waals surface area (Å²) in [6.07, 6.45) is 1.25. The second kappa shape index (κ2) is 5.47. The van der Waals surface area contributed by atoms with E-state index < -0.39 is 29.2 Å². The van der Waals surface area contributed by atoms with E-state index in [2.05, 4.69) is 10.1 Å². The van der Waals surface area contributed by atoms with Gasteiger partial charge in [-0.2, -0.15) is 27.6 Å². The Morgan fingerprint density at radius 3 is 2.11 bits per heavy atom. The number of nitrogens with zero attached hydrogens (tertiary/aromatic N) is 2. The summed E-state index contributed by atoms with van der Waals surface area (Å²) >= 11 is 0. The van der Waals surface area contributed by atoms with Gasteiger partial charge in [0.05, 0.1) is 6.21 Å². The molecule has 0 spiro atoms. The summed E-state index contributed by atoms with van der Waals surface area (Å²) < 4.78 is 51.9. The molecule has 0 radical (unpaired) electrons. The third kappa shape index (κ3) is 2.87. The first-order valence-electron chi connectivity index (χ1n) is 5.13. The number of halogens is 4. The van der Waals surface area contributed by atoms with Crippen LogP contribution in [0.2, 0.25) is 0 Å². The molecular weight excluding hydrogens is 262 g/mol. The molecule has 0 aliphatic rings. The molecule has 1 aromatic carbocycles. The molecule has 0 atom stereocenters. The number of rotatable bonds is 3. The first-order valence-corrected chi connectivity index (χ1v) is 5.13. The summed E-state index contributed by atoms with van der Waals surface area (Å²) in [6.45, 7) is 0. The van der Waals surface area contributed by atoms with Gasteiger partial charge in [0.2, 0.25) is 11.6 Å². The fraction of sp³-hybridized carbons (Fsp3) is 0. The van der Waals surface area contributed by atoms with Crippen LogP contribution in [0.3, 0.4) is 0 Å². The summed E-state index contributed by atoms with van der Waals surface area (Å²) in [5.41, 5.74) is 1.52. The molecule has 1 N–H and O–H groups in total. The summed E-state index contributed by atoms with van der Waals surface area (Å²) in [5, 5.41) is 3.50. The maximum Gasteiger partial charge on any atom is 0.254 e. The van der Waals surface area contributed by atoms with E-state index in [0.717, 1.165) is 0 Å². The van der Waals surface area contributed by atoms with Crippen molar-refractivity contribution in [2.24, 2.45) is 5.10 Å². The second-order valence-electron chi connectivity index (χ2n) is 3.48. The Kier molecular flexibility index (Phi) is 3.74. The van der Waals surface area contributed by atoms with Crippen LogP contribution >= 0.6 is 0 Å². The van der Waals surface area contributed by atoms with Crippen LogP contribution in [0.5, 0.6) is 0 Å². The topological polar surface area (TPSA) is 37.3 Å². The number of hydrogen-bond donors (Lipinski definition) is 1. The van der Waals surface area contributed by atoms with Gasteiger partial charge in [0.15, 0.2) is 0 Å².